The Kier molecular flexibility index (Phi) is 3.76. The summed E-state index contributed by atoms with van der Waals surface area (Å²) in [5.41, 5.74) is 0.865. The zero-order valence-corrected chi connectivity index (χ0v) is 8.14. The maximum atomic E-state index is 11.9. The molecule has 0 aromatic carbocycles. The van der Waals surface area contributed by atoms with Crippen molar-refractivity contribution in [3.63, 3.8) is 0 Å². The van der Waals surface area contributed by atoms with Crippen LogP contribution in [0.15, 0.2) is 16.7 Å². The third-order valence-corrected chi connectivity index (χ3v) is 1.97. The van der Waals surface area contributed by atoms with Gasteiger partial charge in [-0.15, -0.1) is 0 Å². The number of aliphatic hydroxyl groups is 1. The standard InChI is InChI=1S/C9H12F3NO2/c1-6-2-3-15-7(6)4-13-5-8(14)9(10,11)12/h2-3,8,13-14H,4-5H2,1H3. The van der Waals surface area contributed by atoms with Crippen LogP contribution in [-0.2, 0) is 6.54 Å². The summed E-state index contributed by atoms with van der Waals surface area (Å²) in [6, 6.07) is 1.72. The van der Waals surface area contributed by atoms with E-state index in [0.717, 1.165) is 5.56 Å². The lowest BCUT2D eigenvalue weighted by Gasteiger charge is -2.14. The van der Waals surface area contributed by atoms with Gasteiger partial charge in [-0.1, -0.05) is 0 Å². The number of furan rings is 1. The van der Waals surface area contributed by atoms with Gasteiger partial charge in [0, 0.05) is 6.54 Å². The number of halogens is 3. The van der Waals surface area contributed by atoms with Crippen molar-refractivity contribution >= 4 is 0 Å². The SMILES string of the molecule is Cc1ccoc1CNCC(O)C(F)(F)F. The van der Waals surface area contributed by atoms with Crippen LogP contribution < -0.4 is 5.32 Å². The van der Waals surface area contributed by atoms with Gasteiger partial charge in [-0.25, -0.2) is 0 Å². The van der Waals surface area contributed by atoms with Crippen molar-refractivity contribution in [1.29, 1.82) is 0 Å². The molecule has 1 atom stereocenters. The number of rotatable bonds is 4. The molecule has 1 aromatic heterocycles. The molecule has 0 amide bonds. The van der Waals surface area contributed by atoms with E-state index in [1.165, 1.54) is 6.26 Å². The predicted octanol–water partition coefficient (Wildman–Crippen LogP) is 1.60. The molecule has 0 bridgehead atoms. The van der Waals surface area contributed by atoms with Crippen molar-refractivity contribution in [3.8, 4) is 0 Å². The molecule has 0 spiro atoms. The van der Waals surface area contributed by atoms with E-state index in [1.807, 2.05) is 0 Å². The highest BCUT2D eigenvalue weighted by Crippen LogP contribution is 2.19. The number of aryl methyl sites for hydroxylation is 1. The van der Waals surface area contributed by atoms with Crippen LogP contribution in [0.2, 0.25) is 0 Å². The van der Waals surface area contributed by atoms with Crippen LogP contribution in [0.4, 0.5) is 13.2 Å². The molecule has 0 saturated heterocycles. The minimum atomic E-state index is -4.58. The smallest absolute Gasteiger partial charge is 0.415 e. The minimum Gasteiger partial charge on any atom is -0.468 e. The van der Waals surface area contributed by atoms with Gasteiger partial charge in [-0.3, -0.25) is 0 Å². The van der Waals surface area contributed by atoms with E-state index in [2.05, 4.69) is 5.32 Å². The van der Waals surface area contributed by atoms with E-state index in [-0.39, 0.29) is 6.54 Å². The highest BCUT2D eigenvalue weighted by atomic mass is 19.4. The summed E-state index contributed by atoms with van der Waals surface area (Å²) in [5, 5.41) is 11.1. The molecule has 1 rings (SSSR count). The van der Waals surface area contributed by atoms with Crippen LogP contribution in [0.3, 0.4) is 0 Å². The quantitative estimate of drug-likeness (QED) is 0.814. The van der Waals surface area contributed by atoms with E-state index in [9.17, 15) is 13.2 Å². The van der Waals surface area contributed by atoms with E-state index >= 15 is 0 Å². The van der Waals surface area contributed by atoms with Gasteiger partial charge in [0.05, 0.1) is 12.8 Å². The normalized spacial score (nSPS) is 14.2. The first kappa shape index (κ1) is 12.1. The van der Waals surface area contributed by atoms with E-state index in [1.54, 1.807) is 13.0 Å². The van der Waals surface area contributed by atoms with Crippen LogP contribution in [0, 0.1) is 6.92 Å². The fourth-order valence-electron chi connectivity index (χ4n) is 1.02. The van der Waals surface area contributed by atoms with Crippen molar-refractivity contribution in [2.75, 3.05) is 6.54 Å². The van der Waals surface area contributed by atoms with Gasteiger partial charge in [0.1, 0.15) is 5.76 Å². The molecule has 86 valence electrons. The molecule has 0 fully saturated rings. The molecule has 0 aliphatic carbocycles. The predicted molar refractivity (Wildman–Crippen MR) is 47.2 cm³/mol. The summed E-state index contributed by atoms with van der Waals surface area (Å²) in [6.45, 7) is 1.43. The van der Waals surface area contributed by atoms with Crippen molar-refractivity contribution in [1.82, 2.24) is 5.32 Å². The Balaban J connectivity index is 2.31. The third-order valence-electron chi connectivity index (χ3n) is 1.97. The van der Waals surface area contributed by atoms with Gasteiger partial charge in [-0.2, -0.15) is 13.2 Å². The second-order valence-corrected chi connectivity index (χ2v) is 3.22. The van der Waals surface area contributed by atoms with E-state index in [0.29, 0.717) is 5.76 Å². The summed E-state index contributed by atoms with van der Waals surface area (Å²) in [4.78, 5) is 0. The Morgan fingerprint density at radius 1 is 1.53 bits per heavy atom. The Bertz CT molecular complexity index is 309. The Morgan fingerprint density at radius 2 is 2.20 bits per heavy atom. The summed E-state index contributed by atoms with van der Waals surface area (Å²) >= 11 is 0. The summed E-state index contributed by atoms with van der Waals surface area (Å²) in [5.74, 6) is 0.573. The molecular formula is C9H12F3NO2. The molecule has 0 aliphatic rings. The largest absolute Gasteiger partial charge is 0.468 e. The summed E-state index contributed by atoms with van der Waals surface area (Å²) < 4.78 is 40.6. The molecule has 0 radical (unpaired) electrons. The van der Waals surface area contributed by atoms with E-state index in [4.69, 9.17) is 9.52 Å². The minimum absolute atomic E-state index is 0.173. The third kappa shape index (κ3) is 3.56. The fourth-order valence-corrected chi connectivity index (χ4v) is 1.02. The van der Waals surface area contributed by atoms with E-state index < -0.39 is 18.8 Å². The van der Waals surface area contributed by atoms with Crippen LogP contribution in [0.1, 0.15) is 11.3 Å². The summed E-state index contributed by atoms with van der Waals surface area (Å²) in [6.07, 6.45) is -5.45. The number of hydrogen-bond acceptors (Lipinski definition) is 3. The van der Waals surface area contributed by atoms with Gasteiger partial charge in [-0.05, 0) is 18.6 Å². The lowest BCUT2D eigenvalue weighted by Crippen LogP contribution is -2.38. The molecule has 0 saturated carbocycles. The molecule has 1 aromatic rings. The molecule has 1 heterocycles. The average molecular weight is 223 g/mol. The van der Waals surface area contributed by atoms with Crippen LogP contribution in [0.5, 0.6) is 0 Å². The molecule has 2 N–H and O–H groups in total. The van der Waals surface area contributed by atoms with Gasteiger partial charge >= 0.3 is 6.18 Å². The fraction of sp³-hybridized carbons (Fsp3) is 0.556. The molecule has 6 heteroatoms. The first-order valence-corrected chi connectivity index (χ1v) is 4.39. The molecule has 1 unspecified atom stereocenters. The van der Waals surface area contributed by atoms with Crippen LogP contribution in [0.25, 0.3) is 0 Å². The Labute approximate surface area is 84.9 Å². The highest BCUT2D eigenvalue weighted by molar-refractivity contribution is 5.14. The Hall–Kier alpha value is -1.01. The molecule has 0 aliphatic heterocycles. The zero-order valence-electron chi connectivity index (χ0n) is 8.14. The average Bonchev–Trinajstić information content (AvgIpc) is 2.50. The number of aliphatic hydroxyl groups excluding tert-OH is 1. The van der Waals surface area contributed by atoms with Crippen LogP contribution >= 0.6 is 0 Å². The van der Waals surface area contributed by atoms with Crippen LogP contribution in [-0.4, -0.2) is 23.9 Å². The molecule has 15 heavy (non-hydrogen) atoms. The number of nitrogens with one attached hydrogen (secondary N) is 1. The summed E-state index contributed by atoms with van der Waals surface area (Å²) in [7, 11) is 0. The van der Waals surface area contributed by atoms with Gasteiger partial charge in [0.25, 0.3) is 0 Å². The maximum Gasteiger partial charge on any atom is 0.415 e. The Morgan fingerprint density at radius 3 is 2.67 bits per heavy atom. The zero-order chi connectivity index (χ0) is 11.5. The van der Waals surface area contributed by atoms with Gasteiger partial charge < -0.3 is 14.8 Å². The first-order valence-electron chi connectivity index (χ1n) is 4.39. The van der Waals surface area contributed by atoms with Crippen molar-refractivity contribution < 1.29 is 22.7 Å². The van der Waals surface area contributed by atoms with Crippen molar-refractivity contribution in [2.45, 2.75) is 25.7 Å². The van der Waals surface area contributed by atoms with Gasteiger partial charge in [0.2, 0.25) is 0 Å². The lowest BCUT2D eigenvalue weighted by atomic mass is 10.2. The first-order chi connectivity index (χ1) is 6.91. The molecule has 3 nitrogen and oxygen atoms in total. The van der Waals surface area contributed by atoms with Crippen molar-refractivity contribution in [2.24, 2.45) is 0 Å². The second kappa shape index (κ2) is 4.67. The topological polar surface area (TPSA) is 45.4 Å². The molecular weight excluding hydrogens is 211 g/mol. The monoisotopic (exact) mass is 223 g/mol. The highest BCUT2D eigenvalue weighted by Gasteiger charge is 2.37. The second-order valence-electron chi connectivity index (χ2n) is 3.22. The van der Waals surface area contributed by atoms with Gasteiger partial charge in [0.15, 0.2) is 6.10 Å². The van der Waals surface area contributed by atoms with Crippen molar-refractivity contribution in [3.05, 3.63) is 23.7 Å². The maximum absolute atomic E-state index is 11.9. The lowest BCUT2D eigenvalue weighted by molar-refractivity contribution is -0.201. The number of alkyl halides is 3. The number of hydrogen-bond donors (Lipinski definition) is 2.